The lowest BCUT2D eigenvalue weighted by molar-refractivity contribution is 0.144. The SMILES string of the molecule is CC(C)C(C)O.CCCCCCCCCCCCCCCCNS(=O)(=O)O. The first-order chi connectivity index (χ1) is 12.7. The molecular weight excluding hydrogens is 362 g/mol. The summed E-state index contributed by atoms with van der Waals surface area (Å²) in [5.74, 6) is 0.407. The predicted molar refractivity (Wildman–Crippen MR) is 116 cm³/mol. The normalized spacial score (nSPS) is 12.7. The van der Waals surface area contributed by atoms with Crippen LogP contribution in [0.3, 0.4) is 0 Å². The van der Waals surface area contributed by atoms with Gasteiger partial charge in [0.2, 0.25) is 0 Å². The summed E-state index contributed by atoms with van der Waals surface area (Å²) in [6.45, 7) is 8.38. The van der Waals surface area contributed by atoms with Gasteiger partial charge in [0.25, 0.3) is 0 Å². The lowest BCUT2D eigenvalue weighted by Gasteiger charge is -2.04. The van der Waals surface area contributed by atoms with Crippen LogP contribution in [0.25, 0.3) is 0 Å². The molecular formula is C21H47NO4S. The number of hydrogen-bond donors (Lipinski definition) is 3. The van der Waals surface area contributed by atoms with E-state index >= 15 is 0 Å². The van der Waals surface area contributed by atoms with Crippen LogP contribution < -0.4 is 4.72 Å². The molecule has 0 radical (unpaired) electrons. The van der Waals surface area contributed by atoms with Gasteiger partial charge in [-0.2, -0.15) is 13.1 Å². The summed E-state index contributed by atoms with van der Waals surface area (Å²) < 4.78 is 31.4. The Morgan fingerprint density at radius 3 is 1.26 bits per heavy atom. The van der Waals surface area contributed by atoms with Crippen LogP contribution in [-0.2, 0) is 10.3 Å². The first-order valence-corrected chi connectivity index (χ1v) is 12.5. The van der Waals surface area contributed by atoms with E-state index in [0.29, 0.717) is 12.5 Å². The van der Waals surface area contributed by atoms with Gasteiger partial charge in [-0.05, 0) is 19.3 Å². The van der Waals surface area contributed by atoms with Crippen molar-refractivity contribution in [3.63, 3.8) is 0 Å². The van der Waals surface area contributed by atoms with Crippen molar-refractivity contribution in [2.75, 3.05) is 6.54 Å². The lowest BCUT2D eigenvalue weighted by atomic mass is 10.0. The molecule has 166 valence electrons. The Balaban J connectivity index is 0. The maximum absolute atomic E-state index is 10.4. The van der Waals surface area contributed by atoms with Crippen LogP contribution in [0.2, 0.25) is 0 Å². The highest BCUT2D eigenvalue weighted by Crippen LogP contribution is 2.12. The van der Waals surface area contributed by atoms with Crippen molar-refractivity contribution in [3.05, 3.63) is 0 Å². The zero-order valence-corrected chi connectivity index (χ0v) is 19.2. The molecule has 0 spiro atoms. The van der Waals surface area contributed by atoms with Crippen molar-refractivity contribution in [2.24, 2.45) is 5.92 Å². The van der Waals surface area contributed by atoms with Gasteiger partial charge in [0.05, 0.1) is 6.10 Å². The minimum Gasteiger partial charge on any atom is -0.393 e. The molecule has 1 unspecified atom stereocenters. The monoisotopic (exact) mass is 409 g/mol. The second-order valence-corrected chi connectivity index (χ2v) is 9.19. The summed E-state index contributed by atoms with van der Waals surface area (Å²) >= 11 is 0. The Kier molecular flexibility index (Phi) is 22.1. The maximum Gasteiger partial charge on any atom is 0.333 e. The standard InChI is InChI=1S/C16H35NO3S.C5H12O/c1-2-3-4-5-6-7-8-9-10-11-12-13-14-15-16-17-21(18,19)20;1-4(2)5(3)6/h17H,2-16H2,1H3,(H,18,19,20);4-6H,1-3H3. The first-order valence-electron chi connectivity index (χ1n) is 11.1. The fourth-order valence-corrected chi connectivity index (χ4v) is 2.92. The average molecular weight is 410 g/mol. The van der Waals surface area contributed by atoms with Crippen molar-refractivity contribution in [1.82, 2.24) is 4.72 Å². The Morgan fingerprint density at radius 2 is 1.00 bits per heavy atom. The zero-order valence-electron chi connectivity index (χ0n) is 18.4. The number of aliphatic hydroxyl groups is 1. The molecule has 0 rings (SSSR count). The highest BCUT2D eigenvalue weighted by molar-refractivity contribution is 7.83. The molecule has 0 saturated carbocycles. The molecule has 0 aliphatic carbocycles. The van der Waals surface area contributed by atoms with Gasteiger partial charge in [-0.1, -0.05) is 104 Å². The average Bonchev–Trinajstić information content (AvgIpc) is 2.58. The van der Waals surface area contributed by atoms with Crippen molar-refractivity contribution < 1.29 is 18.1 Å². The van der Waals surface area contributed by atoms with E-state index in [0.717, 1.165) is 19.3 Å². The molecule has 5 nitrogen and oxygen atoms in total. The Labute approximate surface area is 169 Å². The second-order valence-electron chi connectivity index (χ2n) is 7.95. The molecule has 0 aliphatic heterocycles. The molecule has 0 aromatic carbocycles. The summed E-state index contributed by atoms with van der Waals surface area (Å²) in [7, 11) is -3.99. The number of unbranched alkanes of at least 4 members (excludes halogenated alkanes) is 13. The minimum absolute atomic E-state index is 0.148. The van der Waals surface area contributed by atoms with E-state index < -0.39 is 10.3 Å². The van der Waals surface area contributed by atoms with Crippen molar-refractivity contribution in [3.8, 4) is 0 Å². The minimum atomic E-state index is -3.99. The quantitative estimate of drug-likeness (QED) is 0.207. The van der Waals surface area contributed by atoms with Gasteiger partial charge in [-0.3, -0.25) is 4.55 Å². The molecule has 1 atom stereocenters. The smallest absolute Gasteiger partial charge is 0.333 e. The summed E-state index contributed by atoms with van der Waals surface area (Å²) in [6.07, 6.45) is 17.8. The number of aliphatic hydroxyl groups excluding tert-OH is 1. The van der Waals surface area contributed by atoms with E-state index in [1.54, 1.807) is 6.92 Å². The summed E-state index contributed by atoms with van der Waals surface area (Å²) in [5, 5.41) is 8.63. The molecule has 3 N–H and O–H groups in total. The van der Waals surface area contributed by atoms with Gasteiger partial charge in [-0.25, -0.2) is 0 Å². The molecule has 0 heterocycles. The van der Waals surface area contributed by atoms with Gasteiger partial charge in [-0.15, -0.1) is 0 Å². The molecule has 27 heavy (non-hydrogen) atoms. The Bertz CT molecular complexity index is 378. The van der Waals surface area contributed by atoms with Crippen molar-refractivity contribution in [2.45, 2.75) is 124 Å². The Hall–Kier alpha value is -0.170. The zero-order chi connectivity index (χ0) is 21.0. The number of rotatable bonds is 17. The van der Waals surface area contributed by atoms with Gasteiger partial charge >= 0.3 is 10.3 Å². The van der Waals surface area contributed by atoms with E-state index in [4.69, 9.17) is 9.66 Å². The lowest BCUT2D eigenvalue weighted by Crippen LogP contribution is -2.23. The van der Waals surface area contributed by atoms with E-state index in [9.17, 15) is 8.42 Å². The molecule has 0 fully saturated rings. The molecule has 0 aromatic heterocycles. The molecule has 0 amide bonds. The predicted octanol–water partition coefficient (Wildman–Crippen LogP) is 5.88. The van der Waals surface area contributed by atoms with Crippen LogP contribution in [0, 0.1) is 5.92 Å². The van der Waals surface area contributed by atoms with E-state index in [1.165, 1.54) is 70.6 Å². The van der Waals surface area contributed by atoms with Crippen LogP contribution in [-0.4, -0.2) is 30.7 Å². The van der Waals surface area contributed by atoms with Crippen molar-refractivity contribution in [1.29, 1.82) is 0 Å². The molecule has 0 aromatic rings. The Morgan fingerprint density at radius 1 is 0.704 bits per heavy atom. The van der Waals surface area contributed by atoms with E-state index in [2.05, 4.69) is 11.6 Å². The third-order valence-corrected chi connectivity index (χ3v) is 5.35. The maximum atomic E-state index is 10.4. The van der Waals surface area contributed by atoms with Crippen LogP contribution in [0.4, 0.5) is 0 Å². The fraction of sp³-hybridized carbons (Fsp3) is 1.00. The largest absolute Gasteiger partial charge is 0.393 e. The van der Waals surface area contributed by atoms with Crippen LogP contribution in [0.1, 0.15) is 118 Å². The number of hydrogen-bond acceptors (Lipinski definition) is 3. The summed E-state index contributed by atoms with van der Waals surface area (Å²) in [4.78, 5) is 0. The fourth-order valence-electron chi connectivity index (χ4n) is 2.52. The van der Waals surface area contributed by atoms with Crippen LogP contribution in [0.5, 0.6) is 0 Å². The third-order valence-electron chi connectivity index (χ3n) is 4.78. The highest BCUT2D eigenvalue weighted by atomic mass is 32.2. The molecule has 0 saturated heterocycles. The van der Waals surface area contributed by atoms with Gasteiger partial charge in [0.1, 0.15) is 0 Å². The van der Waals surface area contributed by atoms with Crippen LogP contribution >= 0.6 is 0 Å². The highest BCUT2D eigenvalue weighted by Gasteiger charge is 2.00. The van der Waals surface area contributed by atoms with Crippen molar-refractivity contribution >= 4 is 10.3 Å². The summed E-state index contributed by atoms with van der Waals surface area (Å²) in [5.41, 5.74) is 0. The molecule has 0 bridgehead atoms. The number of nitrogens with one attached hydrogen (secondary N) is 1. The van der Waals surface area contributed by atoms with E-state index in [-0.39, 0.29) is 6.10 Å². The van der Waals surface area contributed by atoms with Gasteiger partial charge < -0.3 is 5.11 Å². The third kappa shape index (κ3) is 30.8. The topological polar surface area (TPSA) is 86.6 Å². The molecule has 6 heteroatoms. The first kappa shape index (κ1) is 29.0. The van der Waals surface area contributed by atoms with Gasteiger partial charge in [0.15, 0.2) is 0 Å². The van der Waals surface area contributed by atoms with Gasteiger partial charge in [0, 0.05) is 6.54 Å². The summed E-state index contributed by atoms with van der Waals surface area (Å²) in [6, 6.07) is 0. The van der Waals surface area contributed by atoms with E-state index in [1.807, 2.05) is 13.8 Å². The molecule has 0 aliphatic rings. The van der Waals surface area contributed by atoms with Crippen LogP contribution in [0.15, 0.2) is 0 Å². The second kappa shape index (κ2) is 20.6.